The van der Waals surface area contributed by atoms with E-state index in [2.05, 4.69) is 21.2 Å². The highest BCUT2D eigenvalue weighted by Crippen LogP contribution is 2.34. The molecule has 2 rings (SSSR count). The molecule has 1 heterocycles. The van der Waals surface area contributed by atoms with Gasteiger partial charge in [-0.25, -0.2) is 0 Å². The van der Waals surface area contributed by atoms with Gasteiger partial charge in [-0.3, -0.25) is 0 Å². The molecule has 0 amide bonds. The lowest BCUT2D eigenvalue weighted by atomic mass is 9.93. The third-order valence-corrected chi connectivity index (χ3v) is 3.24. The zero-order chi connectivity index (χ0) is 10.2. The first-order valence-corrected chi connectivity index (χ1v) is 5.33. The monoisotopic (exact) mass is 257 g/mol. The molecule has 76 valence electrons. The normalized spacial score (nSPS) is 26.7. The number of rotatable bonds is 1. The van der Waals surface area contributed by atoms with Crippen molar-refractivity contribution in [1.82, 2.24) is 5.32 Å². The number of hydrogen-bond acceptors (Lipinski definition) is 3. The smallest absolute Gasteiger partial charge is 0.116 e. The number of hydrogen-bond donors (Lipinski definition) is 3. The van der Waals surface area contributed by atoms with Crippen LogP contribution in [0.5, 0.6) is 5.75 Å². The zero-order valence-electron chi connectivity index (χ0n) is 7.63. The van der Waals surface area contributed by atoms with E-state index in [9.17, 15) is 10.2 Å². The van der Waals surface area contributed by atoms with E-state index in [1.165, 1.54) is 0 Å². The Hall–Kier alpha value is -0.580. The SMILES string of the molecule is Oc1ccc(C2(O)CCNC2)c(Br)c1. The van der Waals surface area contributed by atoms with Crippen molar-refractivity contribution in [1.29, 1.82) is 0 Å². The summed E-state index contributed by atoms with van der Waals surface area (Å²) in [6, 6.07) is 4.95. The molecule has 0 bridgehead atoms. The molecule has 1 atom stereocenters. The van der Waals surface area contributed by atoms with Crippen molar-refractivity contribution < 1.29 is 10.2 Å². The topological polar surface area (TPSA) is 52.5 Å². The molecular weight excluding hydrogens is 246 g/mol. The summed E-state index contributed by atoms with van der Waals surface area (Å²) in [5, 5.41) is 22.6. The van der Waals surface area contributed by atoms with Crippen molar-refractivity contribution in [2.45, 2.75) is 12.0 Å². The summed E-state index contributed by atoms with van der Waals surface area (Å²) in [5.41, 5.74) is 0.0345. The van der Waals surface area contributed by atoms with Crippen molar-refractivity contribution >= 4 is 15.9 Å². The van der Waals surface area contributed by atoms with Gasteiger partial charge in [-0.05, 0) is 30.7 Å². The van der Waals surface area contributed by atoms with Crippen LogP contribution in [0.1, 0.15) is 12.0 Å². The lowest BCUT2D eigenvalue weighted by molar-refractivity contribution is 0.0579. The van der Waals surface area contributed by atoms with Crippen LogP contribution in [0.15, 0.2) is 22.7 Å². The molecule has 0 aliphatic carbocycles. The third-order valence-electron chi connectivity index (χ3n) is 2.59. The Balaban J connectivity index is 2.40. The number of β-amino-alcohol motifs (C(OH)–C–C–N with tert-alkyl or cyclic N) is 1. The lowest BCUT2D eigenvalue weighted by Crippen LogP contribution is -2.28. The Morgan fingerprint density at radius 2 is 2.21 bits per heavy atom. The van der Waals surface area contributed by atoms with E-state index in [0.717, 1.165) is 16.6 Å². The van der Waals surface area contributed by atoms with Crippen LogP contribution in [0.4, 0.5) is 0 Å². The Kier molecular flexibility index (Phi) is 2.51. The van der Waals surface area contributed by atoms with Gasteiger partial charge in [-0.1, -0.05) is 22.0 Å². The predicted octanol–water partition coefficient (Wildman–Crippen LogP) is 1.34. The van der Waals surface area contributed by atoms with Gasteiger partial charge >= 0.3 is 0 Å². The largest absolute Gasteiger partial charge is 0.508 e. The van der Waals surface area contributed by atoms with E-state index in [1.54, 1.807) is 18.2 Å². The fourth-order valence-electron chi connectivity index (χ4n) is 1.79. The first kappa shape index (κ1) is 9.96. The van der Waals surface area contributed by atoms with Gasteiger partial charge in [0.15, 0.2) is 0 Å². The average molecular weight is 258 g/mol. The highest BCUT2D eigenvalue weighted by molar-refractivity contribution is 9.10. The molecule has 0 spiro atoms. The maximum Gasteiger partial charge on any atom is 0.116 e. The van der Waals surface area contributed by atoms with E-state index < -0.39 is 5.60 Å². The molecular formula is C10H12BrNO2. The fourth-order valence-corrected chi connectivity index (χ4v) is 2.53. The van der Waals surface area contributed by atoms with Gasteiger partial charge in [0, 0.05) is 11.0 Å². The van der Waals surface area contributed by atoms with Crippen LogP contribution in [-0.4, -0.2) is 23.3 Å². The molecule has 14 heavy (non-hydrogen) atoms. The number of phenols is 1. The fraction of sp³-hybridized carbons (Fsp3) is 0.400. The van der Waals surface area contributed by atoms with Gasteiger partial charge in [0.05, 0.1) is 0 Å². The number of halogens is 1. The van der Waals surface area contributed by atoms with Gasteiger partial charge < -0.3 is 15.5 Å². The number of phenolic OH excluding ortho intramolecular Hbond substituents is 1. The van der Waals surface area contributed by atoms with Crippen molar-refractivity contribution in [2.75, 3.05) is 13.1 Å². The first-order valence-electron chi connectivity index (χ1n) is 4.54. The molecule has 1 aliphatic heterocycles. The second kappa shape index (κ2) is 3.53. The highest BCUT2D eigenvalue weighted by atomic mass is 79.9. The average Bonchev–Trinajstić information content (AvgIpc) is 2.52. The van der Waals surface area contributed by atoms with Crippen LogP contribution in [0.25, 0.3) is 0 Å². The van der Waals surface area contributed by atoms with Crippen LogP contribution in [0.3, 0.4) is 0 Å². The summed E-state index contributed by atoms with van der Waals surface area (Å²) in [7, 11) is 0. The van der Waals surface area contributed by atoms with Gasteiger partial charge in [-0.2, -0.15) is 0 Å². The lowest BCUT2D eigenvalue weighted by Gasteiger charge is -2.23. The zero-order valence-corrected chi connectivity index (χ0v) is 9.21. The van der Waals surface area contributed by atoms with Gasteiger partial charge in [0.2, 0.25) is 0 Å². The summed E-state index contributed by atoms with van der Waals surface area (Å²) in [4.78, 5) is 0. The molecule has 1 aliphatic rings. The van der Waals surface area contributed by atoms with Crippen LogP contribution < -0.4 is 5.32 Å². The predicted molar refractivity (Wildman–Crippen MR) is 57.2 cm³/mol. The molecule has 1 aromatic rings. The van der Waals surface area contributed by atoms with Crippen molar-refractivity contribution in [3.63, 3.8) is 0 Å². The minimum absolute atomic E-state index is 0.204. The molecule has 3 N–H and O–H groups in total. The molecule has 1 fully saturated rings. The second-order valence-corrected chi connectivity index (χ2v) is 4.48. The summed E-state index contributed by atoms with van der Waals surface area (Å²) in [5.74, 6) is 0.204. The van der Waals surface area contributed by atoms with E-state index in [0.29, 0.717) is 13.0 Å². The van der Waals surface area contributed by atoms with Gasteiger partial charge in [0.1, 0.15) is 11.4 Å². The summed E-state index contributed by atoms with van der Waals surface area (Å²) >= 11 is 3.34. The van der Waals surface area contributed by atoms with Gasteiger partial charge in [-0.15, -0.1) is 0 Å². The molecule has 1 unspecified atom stereocenters. The Morgan fingerprint density at radius 3 is 2.79 bits per heavy atom. The van der Waals surface area contributed by atoms with Crippen LogP contribution in [0.2, 0.25) is 0 Å². The molecule has 1 aromatic carbocycles. The number of benzene rings is 1. The quantitative estimate of drug-likeness (QED) is 0.712. The Morgan fingerprint density at radius 1 is 1.43 bits per heavy atom. The molecule has 0 aromatic heterocycles. The van der Waals surface area contributed by atoms with E-state index in [1.807, 2.05) is 0 Å². The number of aliphatic hydroxyl groups is 1. The van der Waals surface area contributed by atoms with E-state index in [-0.39, 0.29) is 5.75 Å². The molecule has 1 saturated heterocycles. The third kappa shape index (κ3) is 1.65. The maximum atomic E-state index is 10.3. The van der Waals surface area contributed by atoms with Crippen LogP contribution in [-0.2, 0) is 5.60 Å². The van der Waals surface area contributed by atoms with E-state index >= 15 is 0 Å². The molecule has 0 radical (unpaired) electrons. The van der Waals surface area contributed by atoms with Crippen molar-refractivity contribution in [2.24, 2.45) is 0 Å². The summed E-state index contributed by atoms with van der Waals surface area (Å²) in [6.45, 7) is 1.39. The molecule has 3 nitrogen and oxygen atoms in total. The van der Waals surface area contributed by atoms with Crippen molar-refractivity contribution in [3.8, 4) is 5.75 Å². The van der Waals surface area contributed by atoms with E-state index in [4.69, 9.17) is 0 Å². The molecule has 4 heteroatoms. The highest BCUT2D eigenvalue weighted by Gasteiger charge is 2.34. The standard InChI is InChI=1S/C10H12BrNO2/c11-9-5-7(13)1-2-8(9)10(14)3-4-12-6-10/h1-2,5,12-14H,3-4,6H2. The van der Waals surface area contributed by atoms with Crippen LogP contribution in [0, 0.1) is 0 Å². The summed E-state index contributed by atoms with van der Waals surface area (Å²) < 4.78 is 0.753. The van der Waals surface area contributed by atoms with Gasteiger partial charge in [0.25, 0.3) is 0 Å². The van der Waals surface area contributed by atoms with Crippen molar-refractivity contribution in [3.05, 3.63) is 28.2 Å². The Labute approximate surface area is 90.9 Å². The number of nitrogens with one attached hydrogen (secondary N) is 1. The maximum absolute atomic E-state index is 10.3. The summed E-state index contributed by atoms with van der Waals surface area (Å²) in [6.07, 6.45) is 0.705. The van der Waals surface area contributed by atoms with Crippen LogP contribution >= 0.6 is 15.9 Å². The minimum atomic E-state index is -0.799. The first-order chi connectivity index (χ1) is 6.62. The Bertz CT molecular complexity index is 348. The second-order valence-electron chi connectivity index (χ2n) is 3.62. The number of aromatic hydroxyl groups is 1. The minimum Gasteiger partial charge on any atom is -0.508 e. The molecule has 0 saturated carbocycles.